The van der Waals surface area contributed by atoms with Crippen LogP contribution in [0.3, 0.4) is 0 Å². The van der Waals surface area contributed by atoms with Gasteiger partial charge in [-0.15, -0.1) is 0 Å². The van der Waals surface area contributed by atoms with Crippen LogP contribution >= 0.6 is 0 Å². The molecule has 0 saturated heterocycles. The van der Waals surface area contributed by atoms with Crippen LogP contribution in [0.4, 0.5) is 0 Å². The molecule has 1 fully saturated rings. The minimum absolute atomic E-state index is 0.143. The summed E-state index contributed by atoms with van der Waals surface area (Å²) in [6, 6.07) is 7.53. The second kappa shape index (κ2) is 5.24. The number of hydrogen-bond donors (Lipinski definition) is 1. The van der Waals surface area contributed by atoms with E-state index in [-0.39, 0.29) is 18.5 Å². The molecule has 1 atom stereocenters. The van der Waals surface area contributed by atoms with Crippen molar-refractivity contribution in [1.82, 2.24) is 4.90 Å². The number of carboxylic acids is 1. The summed E-state index contributed by atoms with van der Waals surface area (Å²) in [5.41, 5.74) is 1.18. The van der Waals surface area contributed by atoms with Crippen molar-refractivity contribution in [3.05, 3.63) is 36.1 Å². The average Bonchev–Trinajstić information content (AvgIpc) is 3.22. The molecule has 1 heterocycles. The lowest BCUT2D eigenvalue weighted by Crippen LogP contribution is -2.38. The van der Waals surface area contributed by atoms with Gasteiger partial charge in [-0.3, -0.25) is 9.59 Å². The molecule has 1 aliphatic rings. The van der Waals surface area contributed by atoms with Gasteiger partial charge in [0.25, 0.3) is 5.91 Å². The van der Waals surface area contributed by atoms with Crippen molar-refractivity contribution < 1.29 is 19.1 Å². The number of carbonyl (C=O) groups is 2. The highest BCUT2D eigenvalue weighted by atomic mass is 16.4. The van der Waals surface area contributed by atoms with E-state index in [0.29, 0.717) is 11.1 Å². The molecule has 1 saturated carbocycles. The summed E-state index contributed by atoms with van der Waals surface area (Å²) >= 11 is 0. The molecular weight excluding hydrogens is 270 g/mol. The summed E-state index contributed by atoms with van der Waals surface area (Å²) in [5, 5.41) is 9.83. The molecule has 0 spiro atoms. The number of benzene rings is 1. The first-order valence-electron chi connectivity index (χ1n) is 7.08. The molecule has 5 heteroatoms. The molecule has 0 bridgehead atoms. The van der Waals surface area contributed by atoms with E-state index in [0.717, 1.165) is 18.2 Å². The highest BCUT2D eigenvalue weighted by molar-refractivity contribution is 6.06. The van der Waals surface area contributed by atoms with Crippen LogP contribution in [0.2, 0.25) is 0 Å². The Morgan fingerprint density at radius 2 is 2.10 bits per heavy atom. The Kier molecular flexibility index (Phi) is 3.41. The first kappa shape index (κ1) is 13.7. The van der Waals surface area contributed by atoms with Crippen LogP contribution in [0.5, 0.6) is 0 Å². The van der Waals surface area contributed by atoms with Crippen molar-refractivity contribution in [1.29, 1.82) is 0 Å². The number of nitrogens with zero attached hydrogens (tertiary/aromatic N) is 1. The Morgan fingerprint density at radius 1 is 1.38 bits per heavy atom. The zero-order valence-electron chi connectivity index (χ0n) is 11.8. The van der Waals surface area contributed by atoms with Gasteiger partial charge < -0.3 is 14.4 Å². The number of furan rings is 1. The molecule has 0 radical (unpaired) electrons. The lowest BCUT2D eigenvalue weighted by atomic mass is 10.1. The number of carboxylic acid groups (broad SMARTS) is 1. The van der Waals surface area contributed by atoms with Crippen LogP contribution in [-0.2, 0) is 4.79 Å². The van der Waals surface area contributed by atoms with Gasteiger partial charge in [0, 0.05) is 18.0 Å². The van der Waals surface area contributed by atoms with Gasteiger partial charge >= 0.3 is 5.97 Å². The third kappa shape index (κ3) is 2.63. The molecule has 2 aromatic rings. The highest BCUT2D eigenvalue weighted by Gasteiger charge is 2.35. The first-order valence-corrected chi connectivity index (χ1v) is 7.08. The minimum Gasteiger partial charge on any atom is -0.481 e. The molecule has 0 aliphatic heterocycles. The Balaban J connectivity index is 1.89. The van der Waals surface area contributed by atoms with E-state index in [2.05, 4.69) is 0 Å². The Labute approximate surface area is 122 Å². The van der Waals surface area contributed by atoms with Crippen LogP contribution in [-0.4, -0.2) is 34.5 Å². The number of rotatable bonds is 5. The van der Waals surface area contributed by atoms with Crippen LogP contribution < -0.4 is 0 Å². The van der Waals surface area contributed by atoms with Gasteiger partial charge in [-0.05, 0) is 18.9 Å². The van der Waals surface area contributed by atoms with Gasteiger partial charge in [0.05, 0.1) is 11.5 Å². The van der Waals surface area contributed by atoms with E-state index in [9.17, 15) is 9.59 Å². The molecular formula is C16H17NO4. The molecule has 1 N–H and O–H groups in total. The molecule has 3 rings (SSSR count). The van der Waals surface area contributed by atoms with E-state index in [1.54, 1.807) is 11.8 Å². The predicted octanol–water partition coefficient (Wildman–Crippen LogP) is 2.76. The fourth-order valence-electron chi connectivity index (χ4n) is 2.46. The SMILES string of the molecule is C[C@H](CN(C(=O)c1coc2ccccc12)C1CC1)C(=O)O. The number of aliphatic carboxylic acids is 1. The quantitative estimate of drug-likeness (QED) is 0.918. The topological polar surface area (TPSA) is 70.8 Å². The Morgan fingerprint density at radius 3 is 2.76 bits per heavy atom. The number of hydrogen-bond acceptors (Lipinski definition) is 3. The van der Waals surface area contributed by atoms with Gasteiger partial charge in [-0.1, -0.05) is 25.1 Å². The smallest absolute Gasteiger partial charge is 0.308 e. The van der Waals surface area contributed by atoms with Gasteiger partial charge in [-0.2, -0.15) is 0 Å². The molecule has 1 amide bonds. The summed E-state index contributed by atoms with van der Waals surface area (Å²) in [4.78, 5) is 25.5. The van der Waals surface area contributed by atoms with Crippen molar-refractivity contribution in [2.45, 2.75) is 25.8 Å². The molecule has 1 aromatic carbocycles. The number of amides is 1. The lowest BCUT2D eigenvalue weighted by molar-refractivity contribution is -0.141. The maximum Gasteiger partial charge on any atom is 0.308 e. The van der Waals surface area contributed by atoms with E-state index in [1.807, 2.05) is 24.3 Å². The highest BCUT2D eigenvalue weighted by Crippen LogP contribution is 2.31. The Bertz CT molecular complexity index is 686. The van der Waals surface area contributed by atoms with Crippen LogP contribution in [0.1, 0.15) is 30.1 Å². The van der Waals surface area contributed by atoms with E-state index in [1.165, 1.54) is 6.26 Å². The fourth-order valence-corrected chi connectivity index (χ4v) is 2.46. The van der Waals surface area contributed by atoms with Gasteiger partial charge in [-0.25, -0.2) is 0 Å². The zero-order valence-corrected chi connectivity index (χ0v) is 11.8. The van der Waals surface area contributed by atoms with Crippen molar-refractivity contribution in [3.8, 4) is 0 Å². The average molecular weight is 287 g/mol. The molecule has 0 unspecified atom stereocenters. The van der Waals surface area contributed by atoms with E-state index in [4.69, 9.17) is 9.52 Å². The van der Waals surface area contributed by atoms with E-state index >= 15 is 0 Å². The molecule has 1 aliphatic carbocycles. The minimum atomic E-state index is -0.884. The van der Waals surface area contributed by atoms with Crippen LogP contribution in [0, 0.1) is 5.92 Å². The first-order chi connectivity index (χ1) is 10.1. The van der Waals surface area contributed by atoms with Crippen molar-refractivity contribution in [2.24, 2.45) is 5.92 Å². The van der Waals surface area contributed by atoms with Crippen molar-refractivity contribution in [3.63, 3.8) is 0 Å². The Hall–Kier alpha value is -2.30. The summed E-state index contributed by atoms with van der Waals surface area (Å²) in [5.74, 6) is -1.60. The standard InChI is InChI=1S/C16H17NO4/c1-10(16(19)20)8-17(11-6-7-11)15(18)13-9-21-14-5-3-2-4-12(13)14/h2-5,9-11H,6-8H2,1H3,(H,19,20)/t10-/m1/s1. The van der Waals surface area contributed by atoms with Gasteiger partial charge in [0.15, 0.2) is 0 Å². The van der Waals surface area contributed by atoms with Crippen molar-refractivity contribution in [2.75, 3.05) is 6.54 Å². The van der Waals surface area contributed by atoms with Gasteiger partial charge in [0.2, 0.25) is 0 Å². The molecule has 110 valence electrons. The second-order valence-corrected chi connectivity index (χ2v) is 5.57. The number of fused-ring (bicyclic) bond motifs is 1. The lowest BCUT2D eigenvalue weighted by Gasteiger charge is -2.24. The number of para-hydroxylation sites is 1. The monoisotopic (exact) mass is 287 g/mol. The third-order valence-corrected chi connectivity index (χ3v) is 3.85. The van der Waals surface area contributed by atoms with Crippen LogP contribution in [0.15, 0.2) is 34.9 Å². The molecule has 5 nitrogen and oxygen atoms in total. The summed E-state index contributed by atoms with van der Waals surface area (Å²) in [6.45, 7) is 1.86. The largest absolute Gasteiger partial charge is 0.481 e. The normalized spacial score (nSPS) is 15.9. The van der Waals surface area contributed by atoms with Crippen LogP contribution in [0.25, 0.3) is 11.0 Å². The summed E-state index contributed by atoms with van der Waals surface area (Å²) < 4.78 is 5.41. The second-order valence-electron chi connectivity index (χ2n) is 5.57. The van der Waals surface area contributed by atoms with E-state index < -0.39 is 11.9 Å². The molecule has 21 heavy (non-hydrogen) atoms. The predicted molar refractivity (Wildman–Crippen MR) is 77.1 cm³/mol. The molecule has 1 aromatic heterocycles. The maximum atomic E-state index is 12.7. The summed E-state index contributed by atoms with van der Waals surface area (Å²) in [7, 11) is 0. The third-order valence-electron chi connectivity index (χ3n) is 3.85. The summed E-state index contributed by atoms with van der Waals surface area (Å²) in [6.07, 6.45) is 3.34. The maximum absolute atomic E-state index is 12.7. The number of carbonyl (C=O) groups excluding carboxylic acids is 1. The van der Waals surface area contributed by atoms with Gasteiger partial charge in [0.1, 0.15) is 11.8 Å². The fraction of sp³-hybridized carbons (Fsp3) is 0.375. The van der Waals surface area contributed by atoms with Crippen molar-refractivity contribution >= 4 is 22.8 Å². The zero-order chi connectivity index (χ0) is 15.0.